The molecule has 6 heteroatoms. The highest BCUT2D eigenvalue weighted by atomic mass is 32.2. The molecule has 0 heterocycles. The minimum atomic E-state index is -2.06. The van der Waals surface area contributed by atoms with Gasteiger partial charge in [0.2, 0.25) is 5.91 Å². The fourth-order valence-electron chi connectivity index (χ4n) is 4.32. The van der Waals surface area contributed by atoms with Crippen molar-refractivity contribution in [2.24, 2.45) is 5.92 Å². The van der Waals surface area contributed by atoms with Gasteiger partial charge in [-0.25, -0.2) is 4.21 Å². The highest BCUT2D eigenvalue weighted by Crippen LogP contribution is 2.17. The van der Waals surface area contributed by atoms with Crippen LogP contribution < -0.4 is 10.0 Å². The second kappa shape index (κ2) is 21.4. The Morgan fingerprint density at radius 2 is 1.25 bits per heavy atom. The number of nitrogens with one attached hydrogen (secondary N) is 2. The van der Waals surface area contributed by atoms with Crippen molar-refractivity contribution in [1.82, 2.24) is 5.32 Å². The maximum atomic E-state index is 12.0. The summed E-state index contributed by atoms with van der Waals surface area (Å²) in [7, 11) is 0. The first kappa shape index (κ1) is 32.4. The van der Waals surface area contributed by atoms with Gasteiger partial charge in [-0.3, -0.25) is 14.1 Å². The maximum Gasteiger partial charge on any atom is 0.259 e. The van der Waals surface area contributed by atoms with E-state index in [4.69, 9.17) is 4.55 Å². The van der Waals surface area contributed by atoms with Gasteiger partial charge >= 0.3 is 0 Å². The van der Waals surface area contributed by atoms with Gasteiger partial charge < -0.3 is 5.32 Å². The molecule has 0 aliphatic heterocycles. The third-order valence-corrected chi connectivity index (χ3v) is 7.27. The van der Waals surface area contributed by atoms with Crippen molar-refractivity contribution in [3.05, 3.63) is 42.0 Å². The summed E-state index contributed by atoms with van der Waals surface area (Å²) >= 11 is -2.06. The van der Waals surface area contributed by atoms with Gasteiger partial charge in [0, 0.05) is 18.7 Å². The molecule has 0 radical (unpaired) electrons. The molecule has 1 aromatic rings. The summed E-state index contributed by atoms with van der Waals surface area (Å²) in [6.07, 6.45) is 20.9. The summed E-state index contributed by atoms with van der Waals surface area (Å²) in [5.74, 6) is 0.766. The Balaban J connectivity index is 1.83. The lowest BCUT2D eigenvalue weighted by Crippen LogP contribution is -2.25. The molecule has 1 unspecified atom stereocenters. The van der Waals surface area contributed by atoms with Gasteiger partial charge in [0.1, 0.15) is 0 Å². The fraction of sp³-hybridized carbons (Fsp3) is 0.700. The predicted molar refractivity (Wildman–Crippen MR) is 155 cm³/mol. The van der Waals surface area contributed by atoms with Crippen LogP contribution in [0.2, 0.25) is 0 Å². The average molecular weight is 521 g/mol. The summed E-state index contributed by atoms with van der Waals surface area (Å²) in [6.45, 7) is 9.26. The largest absolute Gasteiger partial charge is 0.356 e. The normalized spacial score (nSPS) is 12.0. The molecule has 3 N–H and O–H groups in total. The number of rotatable bonds is 23. The van der Waals surface area contributed by atoms with Gasteiger partial charge in [0.25, 0.3) is 11.3 Å². The van der Waals surface area contributed by atoms with E-state index in [1.54, 1.807) is 12.1 Å². The van der Waals surface area contributed by atoms with E-state index < -0.39 is 11.3 Å². The Morgan fingerprint density at radius 3 is 1.69 bits per heavy atom. The third-order valence-electron chi connectivity index (χ3n) is 6.86. The van der Waals surface area contributed by atoms with Crippen LogP contribution >= 0.6 is 0 Å². The quantitative estimate of drug-likeness (QED) is 0.0770. The van der Waals surface area contributed by atoms with Gasteiger partial charge in [-0.05, 0) is 49.3 Å². The van der Waals surface area contributed by atoms with E-state index in [1.165, 1.54) is 89.0 Å². The molecule has 5 nitrogen and oxygen atoms in total. The Kier molecular flexibility index (Phi) is 19.3. The van der Waals surface area contributed by atoms with Crippen molar-refractivity contribution in [2.75, 3.05) is 11.3 Å². The molecule has 0 saturated heterocycles. The third kappa shape index (κ3) is 18.6. The van der Waals surface area contributed by atoms with Crippen LogP contribution in [0.15, 0.2) is 36.4 Å². The molecule has 0 aromatic heterocycles. The maximum absolute atomic E-state index is 12.0. The Bertz CT molecular complexity index is 734. The molecule has 1 aromatic carbocycles. The van der Waals surface area contributed by atoms with E-state index in [2.05, 4.69) is 30.5 Å². The second-order valence-electron chi connectivity index (χ2n) is 10.4. The van der Waals surface area contributed by atoms with E-state index in [0.717, 1.165) is 24.8 Å². The molecule has 0 aliphatic rings. The molecule has 0 spiro atoms. The topological polar surface area (TPSA) is 78.4 Å². The van der Waals surface area contributed by atoms with Gasteiger partial charge in [0.05, 0.1) is 0 Å². The first-order valence-electron chi connectivity index (χ1n) is 14.3. The summed E-state index contributed by atoms with van der Waals surface area (Å²) in [4.78, 5) is 12.0. The number of allylic oxidation sites excluding steroid dienone is 1. The van der Waals surface area contributed by atoms with E-state index in [1.807, 2.05) is 12.1 Å². The predicted octanol–water partition coefficient (Wildman–Crippen LogP) is 8.35. The van der Waals surface area contributed by atoms with E-state index in [-0.39, 0.29) is 5.91 Å². The smallest absolute Gasteiger partial charge is 0.259 e. The Morgan fingerprint density at radius 1 is 0.806 bits per heavy atom. The summed E-state index contributed by atoms with van der Waals surface area (Å²) < 4.78 is 22.0. The molecule has 0 fully saturated rings. The van der Waals surface area contributed by atoms with Crippen LogP contribution in [0.3, 0.4) is 0 Å². The number of benzene rings is 1. The lowest BCUT2D eigenvalue weighted by molar-refractivity contribution is -0.121. The summed E-state index contributed by atoms with van der Waals surface area (Å²) in [5, 5.41) is 2.99. The molecular weight excluding hydrogens is 468 g/mol. The Hall–Kier alpha value is -1.66. The van der Waals surface area contributed by atoms with Crippen LogP contribution in [0.4, 0.5) is 5.69 Å². The van der Waals surface area contributed by atoms with E-state index >= 15 is 0 Å². The van der Waals surface area contributed by atoms with Crippen LogP contribution in [-0.4, -0.2) is 21.2 Å². The van der Waals surface area contributed by atoms with Crippen molar-refractivity contribution in [3.63, 3.8) is 0 Å². The number of carbonyl (C=O) groups is 1. The number of hydrogen-bond acceptors (Lipinski definition) is 2. The lowest BCUT2D eigenvalue weighted by Gasteiger charge is -2.08. The SMILES string of the molecule is C=C(CCCCCCCCCCCCCCCCC(=O)NCCc1ccc(NS(=O)O)cc1)C(C)C. The van der Waals surface area contributed by atoms with E-state index in [0.29, 0.717) is 24.6 Å². The number of amides is 1. The minimum absolute atomic E-state index is 0.130. The number of carbonyl (C=O) groups excluding carboxylic acids is 1. The lowest BCUT2D eigenvalue weighted by atomic mass is 9.98. The highest BCUT2D eigenvalue weighted by Gasteiger charge is 2.03. The van der Waals surface area contributed by atoms with Crippen LogP contribution in [-0.2, 0) is 22.5 Å². The van der Waals surface area contributed by atoms with Crippen molar-refractivity contribution >= 4 is 22.9 Å². The second-order valence-corrected chi connectivity index (χ2v) is 11.1. The zero-order valence-electron chi connectivity index (χ0n) is 23.0. The first-order chi connectivity index (χ1) is 17.4. The van der Waals surface area contributed by atoms with Crippen molar-refractivity contribution in [1.29, 1.82) is 0 Å². The molecule has 1 amide bonds. The van der Waals surface area contributed by atoms with Crippen LogP contribution in [0, 0.1) is 5.92 Å². The molecule has 1 atom stereocenters. The van der Waals surface area contributed by atoms with Gasteiger partial charge in [0.15, 0.2) is 0 Å². The highest BCUT2D eigenvalue weighted by molar-refractivity contribution is 7.80. The number of anilines is 1. The van der Waals surface area contributed by atoms with Crippen LogP contribution in [0.25, 0.3) is 0 Å². The fourth-order valence-corrected chi connectivity index (χ4v) is 4.66. The summed E-state index contributed by atoms with van der Waals surface area (Å²) in [5.41, 5.74) is 3.10. The van der Waals surface area contributed by atoms with Gasteiger partial charge in [-0.15, -0.1) is 0 Å². The minimum Gasteiger partial charge on any atom is -0.356 e. The zero-order valence-corrected chi connectivity index (χ0v) is 23.8. The Labute approximate surface area is 223 Å². The first-order valence-corrected chi connectivity index (χ1v) is 15.4. The molecule has 206 valence electrons. The summed E-state index contributed by atoms with van der Waals surface area (Å²) in [6, 6.07) is 7.33. The molecule has 0 bridgehead atoms. The standard InChI is InChI=1S/C30H52N2O3S/c1-26(2)27(3)18-16-14-12-10-8-6-4-5-7-9-11-13-15-17-19-30(33)31-25-24-28-20-22-29(23-21-28)32-36(34)35/h20-23,26,32H,3-19,24-25H2,1-2H3,(H,31,33)(H,34,35). The van der Waals surface area contributed by atoms with Crippen molar-refractivity contribution < 1.29 is 13.6 Å². The molecule has 0 saturated carbocycles. The number of hydrogen-bond donors (Lipinski definition) is 3. The van der Waals surface area contributed by atoms with Crippen LogP contribution in [0.1, 0.15) is 122 Å². The molecular formula is C30H52N2O3S. The zero-order chi connectivity index (χ0) is 26.4. The van der Waals surface area contributed by atoms with E-state index in [9.17, 15) is 9.00 Å². The number of unbranched alkanes of at least 4 members (excludes halogenated alkanes) is 13. The average Bonchev–Trinajstić information content (AvgIpc) is 2.84. The molecule has 1 rings (SSSR count). The van der Waals surface area contributed by atoms with Gasteiger partial charge in [-0.2, -0.15) is 0 Å². The van der Waals surface area contributed by atoms with Crippen LogP contribution in [0.5, 0.6) is 0 Å². The van der Waals surface area contributed by atoms with Gasteiger partial charge in [-0.1, -0.05) is 115 Å². The van der Waals surface area contributed by atoms with Crippen molar-refractivity contribution in [2.45, 2.75) is 123 Å². The monoisotopic (exact) mass is 520 g/mol. The molecule has 36 heavy (non-hydrogen) atoms. The molecule has 0 aliphatic carbocycles. The van der Waals surface area contributed by atoms with Crippen molar-refractivity contribution in [3.8, 4) is 0 Å².